The number of hydrazine groups is 1. The van der Waals surface area contributed by atoms with Crippen LogP contribution in [0.3, 0.4) is 0 Å². The normalized spacial score (nSPS) is 21.4. The number of nitrogens with zero attached hydrogens (tertiary/aromatic N) is 2. The minimum atomic E-state index is -0.0143. The fourth-order valence-corrected chi connectivity index (χ4v) is 1.26. The van der Waals surface area contributed by atoms with Crippen molar-refractivity contribution in [2.24, 2.45) is 5.84 Å². The summed E-state index contributed by atoms with van der Waals surface area (Å²) in [5.74, 6) is 5.68. The molecule has 1 aliphatic rings. The lowest BCUT2D eigenvalue weighted by molar-refractivity contribution is -0.130. The molecule has 2 N–H and O–H groups in total. The lowest BCUT2D eigenvalue weighted by Gasteiger charge is -2.32. The van der Waals surface area contributed by atoms with Gasteiger partial charge in [-0.3, -0.25) is 4.79 Å². The number of rotatable bonds is 2. The Balaban J connectivity index is 2.76. The highest BCUT2D eigenvalue weighted by Gasteiger charge is 2.23. The highest BCUT2D eigenvalue weighted by Crippen LogP contribution is 2.09. The van der Waals surface area contributed by atoms with E-state index in [1.165, 1.54) is 5.01 Å². The van der Waals surface area contributed by atoms with Gasteiger partial charge >= 0.3 is 0 Å². The Kier molecular flexibility index (Phi) is 3.71. The van der Waals surface area contributed by atoms with E-state index in [1.807, 2.05) is 19.1 Å². The zero-order valence-electron chi connectivity index (χ0n) is 8.73. The lowest BCUT2D eigenvalue weighted by atomic mass is 10.2. The van der Waals surface area contributed by atoms with Crippen molar-refractivity contribution in [2.45, 2.75) is 13.3 Å². The number of likely N-dealkylation sites (N-methyl/N-ethyl adjacent to an activating group) is 1. The second-order valence-corrected chi connectivity index (χ2v) is 3.31. The first-order chi connectivity index (χ1) is 6.66. The maximum absolute atomic E-state index is 11.6. The second-order valence-electron chi connectivity index (χ2n) is 3.31. The number of piperazine rings is 1. The Labute approximate surface area is 84.6 Å². The van der Waals surface area contributed by atoms with Crippen LogP contribution in [-0.4, -0.2) is 36.0 Å². The van der Waals surface area contributed by atoms with E-state index in [0.29, 0.717) is 18.8 Å². The molecule has 4 heteroatoms. The van der Waals surface area contributed by atoms with Gasteiger partial charge in [0.2, 0.25) is 0 Å². The molecule has 0 aliphatic carbocycles. The third kappa shape index (κ3) is 2.35. The standard InChI is InChI=1S/C10H17N3O/c1-3-4-5-6-9-10(14)12(2)7-8-13(9)11/h4-6H,3,7-8,11H2,1-2H3/b5-4-,9-6-. The molecule has 1 rings (SSSR count). The van der Waals surface area contributed by atoms with Crippen LogP contribution in [0.1, 0.15) is 13.3 Å². The van der Waals surface area contributed by atoms with Crippen molar-refractivity contribution in [1.29, 1.82) is 0 Å². The molecule has 0 atom stereocenters. The number of nitrogens with two attached hydrogens (primary N) is 1. The van der Waals surface area contributed by atoms with E-state index in [0.717, 1.165) is 6.42 Å². The van der Waals surface area contributed by atoms with Crippen molar-refractivity contribution in [3.63, 3.8) is 0 Å². The van der Waals surface area contributed by atoms with Gasteiger partial charge in [0.25, 0.3) is 5.91 Å². The smallest absolute Gasteiger partial charge is 0.271 e. The average Bonchev–Trinajstić information content (AvgIpc) is 2.18. The summed E-state index contributed by atoms with van der Waals surface area (Å²) >= 11 is 0. The van der Waals surface area contributed by atoms with Crippen LogP contribution < -0.4 is 5.84 Å². The molecular weight excluding hydrogens is 178 g/mol. The van der Waals surface area contributed by atoms with E-state index in [4.69, 9.17) is 5.84 Å². The molecule has 0 aromatic rings. The van der Waals surface area contributed by atoms with E-state index in [-0.39, 0.29) is 5.91 Å². The van der Waals surface area contributed by atoms with Gasteiger partial charge in [-0.2, -0.15) is 0 Å². The number of hydrogen-bond donors (Lipinski definition) is 1. The molecule has 1 saturated heterocycles. The zero-order chi connectivity index (χ0) is 10.6. The number of hydrogen-bond acceptors (Lipinski definition) is 3. The van der Waals surface area contributed by atoms with Crippen molar-refractivity contribution < 1.29 is 4.79 Å². The first kappa shape index (κ1) is 10.8. The Hall–Kier alpha value is -1.29. The van der Waals surface area contributed by atoms with Gasteiger partial charge < -0.3 is 9.91 Å². The van der Waals surface area contributed by atoms with Gasteiger partial charge in [0, 0.05) is 13.6 Å². The topological polar surface area (TPSA) is 49.6 Å². The molecule has 0 saturated carbocycles. The van der Waals surface area contributed by atoms with Gasteiger partial charge in [-0.05, 0) is 12.5 Å². The summed E-state index contributed by atoms with van der Waals surface area (Å²) in [6.45, 7) is 3.42. The summed E-state index contributed by atoms with van der Waals surface area (Å²) in [5.41, 5.74) is 0.559. The monoisotopic (exact) mass is 195 g/mol. The maximum Gasteiger partial charge on any atom is 0.271 e. The SMILES string of the molecule is CC/C=C\C=C1\C(=O)N(C)CCN1N. The van der Waals surface area contributed by atoms with Crippen LogP contribution in [0.5, 0.6) is 0 Å². The van der Waals surface area contributed by atoms with Crippen LogP contribution in [-0.2, 0) is 4.79 Å². The van der Waals surface area contributed by atoms with E-state index in [2.05, 4.69) is 0 Å². The van der Waals surface area contributed by atoms with Crippen molar-refractivity contribution in [2.75, 3.05) is 20.1 Å². The van der Waals surface area contributed by atoms with Crippen LogP contribution in [0, 0.1) is 0 Å². The Bertz CT molecular complexity index is 271. The van der Waals surface area contributed by atoms with E-state index in [1.54, 1.807) is 18.0 Å². The van der Waals surface area contributed by atoms with Crippen molar-refractivity contribution in [1.82, 2.24) is 9.91 Å². The van der Waals surface area contributed by atoms with Crippen LogP contribution in [0.4, 0.5) is 0 Å². The summed E-state index contributed by atoms with van der Waals surface area (Å²) in [6, 6.07) is 0. The van der Waals surface area contributed by atoms with E-state index < -0.39 is 0 Å². The van der Waals surface area contributed by atoms with Crippen LogP contribution in [0.15, 0.2) is 23.9 Å². The Morgan fingerprint density at radius 3 is 2.86 bits per heavy atom. The van der Waals surface area contributed by atoms with E-state index in [9.17, 15) is 4.79 Å². The predicted octanol–water partition coefficient (Wildman–Crippen LogP) is 0.484. The average molecular weight is 195 g/mol. The molecular formula is C10H17N3O. The molecule has 78 valence electrons. The molecule has 0 aromatic carbocycles. The Morgan fingerprint density at radius 2 is 2.21 bits per heavy atom. The quantitative estimate of drug-likeness (QED) is 0.515. The molecule has 1 fully saturated rings. The highest BCUT2D eigenvalue weighted by molar-refractivity contribution is 5.93. The molecule has 0 unspecified atom stereocenters. The minimum absolute atomic E-state index is 0.0143. The first-order valence-electron chi connectivity index (χ1n) is 4.81. The van der Waals surface area contributed by atoms with Gasteiger partial charge in [-0.1, -0.05) is 19.1 Å². The van der Waals surface area contributed by atoms with Gasteiger partial charge in [-0.25, -0.2) is 5.84 Å². The maximum atomic E-state index is 11.6. The molecule has 1 aliphatic heterocycles. The summed E-state index contributed by atoms with van der Waals surface area (Å²) < 4.78 is 0. The van der Waals surface area contributed by atoms with Crippen LogP contribution in [0.2, 0.25) is 0 Å². The van der Waals surface area contributed by atoms with Gasteiger partial charge in [0.05, 0.1) is 6.54 Å². The lowest BCUT2D eigenvalue weighted by Crippen LogP contribution is -2.49. The molecule has 1 amide bonds. The summed E-state index contributed by atoms with van der Waals surface area (Å²) in [4.78, 5) is 13.3. The fourth-order valence-electron chi connectivity index (χ4n) is 1.26. The summed E-state index contributed by atoms with van der Waals surface area (Å²) in [5, 5.41) is 1.50. The predicted molar refractivity (Wildman–Crippen MR) is 56.0 cm³/mol. The summed E-state index contributed by atoms with van der Waals surface area (Å²) in [7, 11) is 1.78. The number of allylic oxidation sites excluding steroid dienone is 3. The first-order valence-corrected chi connectivity index (χ1v) is 4.81. The zero-order valence-corrected chi connectivity index (χ0v) is 8.73. The van der Waals surface area contributed by atoms with Gasteiger partial charge in [0.1, 0.15) is 5.70 Å². The van der Waals surface area contributed by atoms with Gasteiger partial charge in [-0.15, -0.1) is 0 Å². The molecule has 4 nitrogen and oxygen atoms in total. The third-order valence-electron chi connectivity index (χ3n) is 2.18. The van der Waals surface area contributed by atoms with Crippen LogP contribution >= 0.6 is 0 Å². The number of amides is 1. The number of carbonyl (C=O) groups is 1. The highest BCUT2D eigenvalue weighted by atomic mass is 16.2. The molecule has 14 heavy (non-hydrogen) atoms. The van der Waals surface area contributed by atoms with Crippen molar-refractivity contribution in [3.8, 4) is 0 Å². The van der Waals surface area contributed by atoms with Crippen molar-refractivity contribution in [3.05, 3.63) is 23.9 Å². The van der Waals surface area contributed by atoms with Gasteiger partial charge in [0.15, 0.2) is 0 Å². The molecule has 0 radical (unpaired) electrons. The second kappa shape index (κ2) is 4.81. The van der Waals surface area contributed by atoms with Crippen LogP contribution in [0.25, 0.3) is 0 Å². The minimum Gasteiger partial charge on any atom is -0.339 e. The number of carbonyl (C=O) groups excluding carboxylic acids is 1. The third-order valence-corrected chi connectivity index (χ3v) is 2.18. The van der Waals surface area contributed by atoms with E-state index >= 15 is 0 Å². The molecule has 1 heterocycles. The molecule has 0 spiro atoms. The molecule has 0 bridgehead atoms. The Morgan fingerprint density at radius 1 is 1.50 bits per heavy atom. The largest absolute Gasteiger partial charge is 0.339 e. The molecule has 0 aromatic heterocycles. The fraction of sp³-hybridized carbons (Fsp3) is 0.500. The summed E-state index contributed by atoms with van der Waals surface area (Å²) in [6.07, 6.45) is 6.58. The van der Waals surface area contributed by atoms with Crippen molar-refractivity contribution >= 4 is 5.91 Å².